The largest absolute Gasteiger partial charge is 0.375 e. The van der Waals surface area contributed by atoms with Crippen LogP contribution in [0.25, 0.3) is 10.9 Å². The molecule has 1 aromatic carbocycles. The number of carbonyl (C=O) groups excluding carboxylic acids is 1. The lowest BCUT2D eigenvalue weighted by Gasteiger charge is -2.17. The molecule has 0 aliphatic rings. The summed E-state index contributed by atoms with van der Waals surface area (Å²) in [7, 11) is 1.81. The number of nitrogens with zero attached hydrogens (tertiary/aromatic N) is 3. The second-order valence-electron chi connectivity index (χ2n) is 5.46. The second kappa shape index (κ2) is 6.75. The maximum atomic E-state index is 12.2. The van der Waals surface area contributed by atoms with E-state index in [2.05, 4.69) is 16.0 Å². The Morgan fingerprint density at radius 2 is 2.17 bits per heavy atom. The number of anilines is 1. The minimum atomic E-state index is 0.0877. The number of rotatable bonds is 5. The Balaban J connectivity index is 1.60. The fourth-order valence-corrected chi connectivity index (χ4v) is 3.03. The van der Waals surface area contributed by atoms with Gasteiger partial charge in [-0.25, -0.2) is 4.98 Å². The zero-order valence-electron chi connectivity index (χ0n) is 12.9. The summed E-state index contributed by atoms with van der Waals surface area (Å²) in [5, 5.41) is 3.53. The van der Waals surface area contributed by atoms with E-state index in [-0.39, 0.29) is 5.91 Å². The first-order valence-corrected chi connectivity index (χ1v) is 8.27. The first kappa shape index (κ1) is 15.4. The fourth-order valence-electron chi connectivity index (χ4n) is 2.43. The number of nitrogens with two attached hydrogens (primary N) is 1. The van der Waals surface area contributed by atoms with Crippen LogP contribution in [0.1, 0.15) is 17.7 Å². The summed E-state index contributed by atoms with van der Waals surface area (Å²) in [5.41, 5.74) is 8.46. The highest BCUT2D eigenvalue weighted by atomic mass is 32.1. The van der Waals surface area contributed by atoms with E-state index in [4.69, 9.17) is 5.73 Å². The molecule has 1 amide bonds. The van der Waals surface area contributed by atoms with Crippen molar-refractivity contribution in [3.05, 3.63) is 53.2 Å². The normalized spacial score (nSPS) is 10.8. The number of thiazole rings is 1. The van der Waals surface area contributed by atoms with E-state index in [1.54, 1.807) is 4.90 Å². The molecule has 0 fully saturated rings. The lowest BCUT2D eigenvalue weighted by molar-refractivity contribution is -0.130. The molecule has 2 heterocycles. The maximum absolute atomic E-state index is 12.2. The van der Waals surface area contributed by atoms with Crippen molar-refractivity contribution >= 4 is 33.3 Å². The van der Waals surface area contributed by atoms with Crippen LogP contribution in [0.5, 0.6) is 0 Å². The Labute approximate surface area is 138 Å². The van der Waals surface area contributed by atoms with E-state index in [9.17, 15) is 4.79 Å². The van der Waals surface area contributed by atoms with E-state index in [1.807, 2.05) is 42.9 Å². The quantitative estimate of drug-likeness (QED) is 0.782. The van der Waals surface area contributed by atoms with Crippen molar-refractivity contribution in [1.29, 1.82) is 0 Å². The molecule has 6 heteroatoms. The number of hydrogen-bond donors (Lipinski definition) is 1. The van der Waals surface area contributed by atoms with Crippen molar-refractivity contribution in [3.63, 3.8) is 0 Å². The van der Waals surface area contributed by atoms with Crippen LogP contribution in [-0.4, -0.2) is 27.8 Å². The minimum Gasteiger partial charge on any atom is -0.375 e. The number of hydrogen-bond acceptors (Lipinski definition) is 5. The van der Waals surface area contributed by atoms with Crippen LogP contribution < -0.4 is 5.73 Å². The summed E-state index contributed by atoms with van der Waals surface area (Å²) in [6.45, 7) is 0.551. The number of para-hydroxylation sites is 1. The Morgan fingerprint density at radius 3 is 2.96 bits per heavy atom. The van der Waals surface area contributed by atoms with Gasteiger partial charge in [0, 0.05) is 37.0 Å². The molecule has 118 valence electrons. The Kier molecular flexibility index (Phi) is 4.52. The van der Waals surface area contributed by atoms with Crippen molar-refractivity contribution in [3.8, 4) is 0 Å². The summed E-state index contributed by atoms with van der Waals surface area (Å²) in [6.07, 6.45) is 2.88. The summed E-state index contributed by atoms with van der Waals surface area (Å²) in [4.78, 5) is 22.6. The van der Waals surface area contributed by atoms with Gasteiger partial charge in [-0.2, -0.15) is 0 Å². The third-order valence-electron chi connectivity index (χ3n) is 3.66. The SMILES string of the molecule is CN(Cc1cnc2ccccc2c1)C(=O)CCc1csc(N)n1. The van der Waals surface area contributed by atoms with Crippen molar-refractivity contribution in [1.82, 2.24) is 14.9 Å². The van der Waals surface area contributed by atoms with Gasteiger partial charge in [0.1, 0.15) is 0 Å². The molecule has 2 N–H and O–H groups in total. The molecule has 3 aromatic rings. The second-order valence-corrected chi connectivity index (χ2v) is 6.35. The number of carbonyl (C=O) groups is 1. The fraction of sp³-hybridized carbons (Fsp3) is 0.235. The lowest BCUT2D eigenvalue weighted by atomic mass is 10.1. The zero-order valence-corrected chi connectivity index (χ0v) is 13.7. The zero-order chi connectivity index (χ0) is 16.2. The van der Waals surface area contributed by atoms with Gasteiger partial charge < -0.3 is 10.6 Å². The Morgan fingerprint density at radius 1 is 1.35 bits per heavy atom. The van der Waals surface area contributed by atoms with Gasteiger partial charge in [0.05, 0.1) is 11.2 Å². The third kappa shape index (κ3) is 3.84. The van der Waals surface area contributed by atoms with Gasteiger partial charge in [-0.15, -0.1) is 11.3 Å². The third-order valence-corrected chi connectivity index (χ3v) is 4.38. The number of fused-ring (bicyclic) bond motifs is 1. The van der Waals surface area contributed by atoms with Crippen molar-refractivity contribution < 1.29 is 4.79 Å². The highest BCUT2D eigenvalue weighted by Gasteiger charge is 2.11. The van der Waals surface area contributed by atoms with Gasteiger partial charge in [-0.1, -0.05) is 18.2 Å². The summed E-state index contributed by atoms with van der Waals surface area (Å²) >= 11 is 1.40. The molecule has 0 saturated heterocycles. The first-order chi connectivity index (χ1) is 11.1. The van der Waals surface area contributed by atoms with E-state index in [0.717, 1.165) is 22.2 Å². The molecule has 2 aromatic heterocycles. The van der Waals surface area contributed by atoms with Crippen LogP contribution in [0.15, 0.2) is 41.9 Å². The van der Waals surface area contributed by atoms with E-state index < -0.39 is 0 Å². The van der Waals surface area contributed by atoms with Crippen LogP contribution in [0, 0.1) is 0 Å². The number of aryl methyl sites for hydroxylation is 1. The van der Waals surface area contributed by atoms with Crippen LogP contribution >= 0.6 is 11.3 Å². The van der Waals surface area contributed by atoms with Crippen LogP contribution in [0.3, 0.4) is 0 Å². The van der Waals surface area contributed by atoms with Gasteiger partial charge in [-0.05, 0) is 24.1 Å². The van der Waals surface area contributed by atoms with Crippen LogP contribution in [0.2, 0.25) is 0 Å². The highest BCUT2D eigenvalue weighted by Crippen LogP contribution is 2.15. The molecule has 3 rings (SSSR count). The first-order valence-electron chi connectivity index (χ1n) is 7.39. The van der Waals surface area contributed by atoms with Gasteiger partial charge in [0.2, 0.25) is 5.91 Å². The van der Waals surface area contributed by atoms with Gasteiger partial charge in [0.25, 0.3) is 0 Å². The summed E-state index contributed by atoms with van der Waals surface area (Å²) in [6, 6.07) is 10.0. The molecule has 0 radical (unpaired) electrons. The van der Waals surface area contributed by atoms with Gasteiger partial charge in [-0.3, -0.25) is 9.78 Å². The highest BCUT2D eigenvalue weighted by molar-refractivity contribution is 7.13. The molecular formula is C17H18N4OS. The number of benzene rings is 1. The van der Waals surface area contributed by atoms with E-state index >= 15 is 0 Å². The Hall–Kier alpha value is -2.47. The minimum absolute atomic E-state index is 0.0877. The van der Waals surface area contributed by atoms with Crippen LogP contribution in [-0.2, 0) is 17.8 Å². The number of pyridine rings is 1. The topological polar surface area (TPSA) is 72.1 Å². The standard InChI is InChI=1S/C17H18N4OS/c1-21(16(22)7-6-14-11-23-17(18)20-14)10-12-8-13-4-2-3-5-15(13)19-9-12/h2-5,8-9,11H,6-7,10H2,1H3,(H2,18,20). The average molecular weight is 326 g/mol. The van der Waals surface area contributed by atoms with Crippen molar-refractivity contribution in [2.45, 2.75) is 19.4 Å². The molecule has 5 nitrogen and oxygen atoms in total. The van der Waals surface area contributed by atoms with Crippen molar-refractivity contribution in [2.24, 2.45) is 0 Å². The van der Waals surface area contributed by atoms with Gasteiger partial charge in [0.15, 0.2) is 5.13 Å². The van der Waals surface area contributed by atoms with E-state index in [0.29, 0.717) is 24.5 Å². The van der Waals surface area contributed by atoms with Gasteiger partial charge >= 0.3 is 0 Å². The van der Waals surface area contributed by atoms with E-state index in [1.165, 1.54) is 11.3 Å². The monoisotopic (exact) mass is 326 g/mol. The molecule has 0 spiro atoms. The number of amides is 1. The molecule has 0 aliphatic heterocycles. The predicted octanol–water partition coefficient (Wildman–Crippen LogP) is 2.86. The molecule has 0 saturated carbocycles. The molecule has 0 bridgehead atoms. The maximum Gasteiger partial charge on any atom is 0.223 e. The molecule has 23 heavy (non-hydrogen) atoms. The summed E-state index contributed by atoms with van der Waals surface area (Å²) in [5.74, 6) is 0.0877. The lowest BCUT2D eigenvalue weighted by Crippen LogP contribution is -2.26. The number of aromatic nitrogens is 2. The molecular weight excluding hydrogens is 308 g/mol. The predicted molar refractivity (Wildman–Crippen MR) is 93.1 cm³/mol. The smallest absolute Gasteiger partial charge is 0.223 e. The van der Waals surface area contributed by atoms with Crippen molar-refractivity contribution in [2.75, 3.05) is 12.8 Å². The molecule has 0 atom stereocenters. The Bertz CT molecular complexity index is 830. The molecule has 0 aliphatic carbocycles. The molecule has 0 unspecified atom stereocenters. The number of nitrogen functional groups attached to an aromatic ring is 1. The van der Waals surface area contributed by atoms with Crippen LogP contribution in [0.4, 0.5) is 5.13 Å². The average Bonchev–Trinajstić information content (AvgIpc) is 2.98. The summed E-state index contributed by atoms with van der Waals surface area (Å²) < 4.78 is 0.